The predicted octanol–water partition coefficient (Wildman–Crippen LogP) is 0.982. The molecule has 0 amide bonds. The van der Waals surface area contributed by atoms with Crippen molar-refractivity contribution in [1.29, 1.82) is 0 Å². The molecule has 2 atom stereocenters. The van der Waals surface area contributed by atoms with Crippen LogP contribution in [0, 0.1) is 31.1 Å². The summed E-state index contributed by atoms with van der Waals surface area (Å²) < 4.78 is 0. The van der Waals surface area contributed by atoms with Crippen LogP contribution in [0.25, 0.3) is 0 Å². The fraction of sp³-hybridized carbons (Fsp3) is 1.00. The average molecular weight is 382 g/mol. The summed E-state index contributed by atoms with van der Waals surface area (Å²) in [5, 5.41) is 6.74. The Bertz CT molecular complexity index is 60.5. The molecule has 0 spiro atoms. The van der Waals surface area contributed by atoms with E-state index in [2.05, 4.69) is 24.5 Å². The summed E-state index contributed by atoms with van der Waals surface area (Å²) in [5.41, 5.74) is 0. The van der Waals surface area contributed by atoms with Gasteiger partial charge in [-0.1, -0.05) is 13.8 Å². The van der Waals surface area contributed by atoms with E-state index < -0.39 is 0 Å². The zero-order chi connectivity index (χ0) is 7.98. The summed E-state index contributed by atoms with van der Waals surface area (Å²) in [5.74, 6) is 0. The van der Waals surface area contributed by atoms with Crippen LogP contribution in [-0.4, -0.2) is 25.2 Å². The van der Waals surface area contributed by atoms with E-state index in [1.165, 1.54) is 0 Å². The average Bonchev–Trinajstić information content (AvgIpc) is 2.00. The number of piperazine rings is 1. The third-order valence-corrected chi connectivity index (χ3v) is 1.54. The number of nitrogens with one attached hydrogen (secondary N) is 2. The summed E-state index contributed by atoms with van der Waals surface area (Å²) in [7, 11) is 0. The quantitative estimate of drug-likeness (QED) is 0.653. The van der Waals surface area contributed by atoms with Gasteiger partial charge in [-0.2, -0.15) is 0 Å². The van der Waals surface area contributed by atoms with Gasteiger partial charge < -0.3 is 10.6 Å². The van der Waals surface area contributed by atoms with Crippen LogP contribution in [0.5, 0.6) is 0 Å². The second-order valence-electron chi connectivity index (χ2n) is 2.62. The van der Waals surface area contributed by atoms with Crippen LogP contribution in [0.1, 0.15) is 27.7 Å². The molecule has 66 valence electrons. The first-order chi connectivity index (χ1) is 4.79. The Labute approximate surface area is 94.3 Å². The Balaban J connectivity index is 0. The summed E-state index contributed by atoms with van der Waals surface area (Å²) in [6, 6.07) is 1.32. The Morgan fingerprint density at radius 2 is 1.18 bits per heavy atom. The van der Waals surface area contributed by atoms with E-state index in [0.29, 0.717) is 12.1 Å². The van der Waals surface area contributed by atoms with Crippen molar-refractivity contribution >= 4 is 0 Å². The Hall–Kier alpha value is 0.972. The van der Waals surface area contributed by atoms with E-state index in [-0.39, 0.29) is 31.1 Å². The van der Waals surface area contributed by atoms with Crippen LogP contribution in [0.2, 0.25) is 0 Å². The molecule has 1 rings (SSSR count). The van der Waals surface area contributed by atoms with Crippen LogP contribution in [0.4, 0.5) is 0 Å². The van der Waals surface area contributed by atoms with Crippen molar-refractivity contribution in [3.05, 3.63) is 0 Å². The first kappa shape index (κ1) is 14.5. The van der Waals surface area contributed by atoms with Gasteiger partial charge >= 0.3 is 0 Å². The van der Waals surface area contributed by atoms with E-state index in [1.807, 2.05) is 13.8 Å². The molecule has 0 aliphatic carbocycles. The maximum Gasteiger partial charge on any atom is 0.0164 e. The van der Waals surface area contributed by atoms with Crippen LogP contribution in [0.15, 0.2) is 0 Å². The van der Waals surface area contributed by atoms with Crippen LogP contribution >= 0.6 is 0 Å². The SMILES string of the molecule is CC.CC1CNC(C)CN1.[U]. The molecule has 11 heavy (non-hydrogen) atoms. The van der Waals surface area contributed by atoms with Crippen LogP contribution in [0.3, 0.4) is 0 Å². The number of hydrogen-bond acceptors (Lipinski definition) is 2. The third kappa shape index (κ3) is 7.34. The molecule has 0 aromatic heterocycles. The van der Waals surface area contributed by atoms with Crippen molar-refractivity contribution in [3.8, 4) is 0 Å². The predicted molar refractivity (Wildman–Crippen MR) is 46.3 cm³/mol. The molecule has 0 saturated carbocycles. The molecule has 1 heterocycles. The van der Waals surface area contributed by atoms with Crippen molar-refractivity contribution in [2.75, 3.05) is 13.1 Å². The summed E-state index contributed by atoms with van der Waals surface area (Å²) in [6.07, 6.45) is 0. The summed E-state index contributed by atoms with van der Waals surface area (Å²) in [6.45, 7) is 10.6. The van der Waals surface area contributed by atoms with Crippen LogP contribution in [-0.2, 0) is 0 Å². The molecule has 3 heteroatoms. The van der Waals surface area contributed by atoms with E-state index in [4.69, 9.17) is 0 Å². The largest absolute Gasteiger partial charge is 0.311 e. The minimum Gasteiger partial charge on any atom is -0.311 e. The second-order valence-corrected chi connectivity index (χ2v) is 2.62. The van der Waals surface area contributed by atoms with E-state index >= 15 is 0 Å². The van der Waals surface area contributed by atoms with Gasteiger partial charge in [-0.25, -0.2) is 0 Å². The molecule has 0 bridgehead atoms. The molecule has 2 N–H and O–H groups in total. The maximum atomic E-state index is 3.37. The Kier molecular flexibility index (Phi) is 11.9. The molecular formula is C8H20N2U. The van der Waals surface area contributed by atoms with Crippen molar-refractivity contribution in [1.82, 2.24) is 10.6 Å². The summed E-state index contributed by atoms with van der Waals surface area (Å²) in [4.78, 5) is 0. The van der Waals surface area contributed by atoms with Gasteiger partial charge in [0, 0.05) is 56.3 Å². The zero-order valence-corrected chi connectivity index (χ0v) is 12.2. The molecule has 1 fully saturated rings. The molecule has 1 aliphatic heterocycles. The van der Waals surface area contributed by atoms with Crippen LogP contribution < -0.4 is 10.6 Å². The molecule has 0 aromatic carbocycles. The van der Waals surface area contributed by atoms with Gasteiger partial charge in [0.15, 0.2) is 0 Å². The van der Waals surface area contributed by atoms with Crippen molar-refractivity contribution in [2.45, 2.75) is 39.8 Å². The number of hydrogen-bond donors (Lipinski definition) is 2. The first-order valence-electron chi connectivity index (χ1n) is 4.26. The molecular weight excluding hydrogens is 362 g/mol. The van der Waals surface area contributed by atoms with Crippen molar-refractivity contribution in [2.24, 2.45) is 0 Å². The first-order valence-corrected chi connectivity index (χ1v) is 4.26. The smallest absolute Gasteiger partial charge is 0.0164 e. The van der Waals surface area contributed by atoms with E-state index in [9.17, 15) is 0 Å². The zero-order valence-electron chi connectivity index (χ0n) is 8.07. The normalized spacial score (nSPS) is 29.5. The minimum atomic E-state index is 0. The fourth-order valence-electron chi connectivity index (χ4n) is 0.900. The van der Waals surface area contributed by atoms with Gasteiger partial charge in [-0.05, 0) is 13.8 Å². The van der Waals surface area contributed by atoms with Crippen molar-refractivity contribution < 1.29 is 31.1 Å². The Morgan fingerprint density at radius 1 is 0.909 bits per heavy atom. The van der Waals surface area contributed by atoms with Gasteiger partial charge in [-0.3, -0.25) is 0 Å². The number of rotatable bonds is 0. The fourth-order valence-corrected chi connectivity index (χ4v) is 0.900. The Morgan fingerprint density at radius 3 is 1.36 bits per heavy atom. The van der Waals surface area contributed by atoms with Gasteiger partial charge in [0.2, 0.25) is 0 Å². The monoisotopic (exact) mass is 382 g/mol. The molecule has 0 radical (unpaired) electrons. The minimum absolute atomic E-state index is 0. The van der Waals surface area contributed by atoms with Crippen molar-refractivity contribution in [3.63, 3.8) is 0 Å². The maximum absolute atomic E-state index is 3.37. The molecule has 1 saturated heterocycles. The molecule has 0 aromatic rings. The van der Waals surface area contributed by atoms with Gasteiger partial charge in [-0.15, -0.1) is 0 Å². The second kappa shape index (κ2) is 9.06. The van der Waals surface area contributed by atoms with Gasteiger partial charge in [0.1, 0.15) is 0 Å². The third-order valence-electron chi connectivity index (χ3n) is 1.54. The van der Waals surface area contributed by atoms with Gasteiger partial charge in [0.25, 0.3) is 0 Å². The molecule has 2 unspecified atom stereocenters. The van der Waals surface area contributed by atoms with E-state index in [0.717, 1.165) is 13.1 Å². The topological polar surface area (TPSA) is 24.1 Å². The molecule has 1 aliphatic rings. The van der Waals surface area contributed by atoms with E-state index in [1.54, 1.807) is 0 Å². The molecule has 2 nitrogen and oxygen atoms in total. The summed E-state index contributed by atoms with van der Waals surface area (Å²) >= 11 is 0. The van der Waals surface area contributed by atoms with Gasteiger partial charge in [0.05, 0.1) is 0 Å². The standard InChI is InChI=1S/C6H14N2.C2H6.U/c1-5-3-8-6(2)4-7-5;1-2;/h5-8H,3-4H2,1-2H3;1-2H3;.